The van der Waals surface area contributed by atoms with E-state index in [1.54, 1.807) is 0 Å². The molecule has 0 unspecified atom stereocenters. The van der Waals surface area contributed by atoms with Crippen molar-refractivity contribution in [1.29, 1.82) is 0 Å². The Morgan fingerprint density at radius 1 is 1.40 bits per heavy atom. The highest BCUT2D eigenvalue weighted by atomic mass is 79.9. The van der Waals surface area contributed by atoms with E-state index in [2.05, 4.69) is 51.3 Å². The Morgan fingerprint density at radius 2 is 2.20 bits per heavy atom. The second-order valence-corrected chi connectivity index (χ2v) is 6.32. The number of nitrogens with zero attached hydrogens (tertiary/aromatic N) is 1. The average molecular weight is 341 g/mol. The van der Waals surface area contributed by atoms with Crippen LogP contribution in [0.15, 0.2) is 22.7 Å². The van der Waals surface area contributed by atoms with Crippen molar-refractivity contribution in [2.45, 2.75) is 45.2 Å². The van der Waals surface area contributed by atoms with E-state index in [-0.39, 0.29) is 6.61 Å². The number of halogens is 1. The highest BCUT2D eigenvalue weighted by Crippen LogP contribution is 2.34. The molecule has 20 heavy (non-hydrogen) atoms. The van der Waals surface area contributed by atoms with Crippen molar-refractivity contribution >= 4 is 21.6 Å². The van der Waals surface area contributed by atoms with Crippen LogP contribution in [0.2, 0.25) is 0 Å². The fourth-order valence-corrected chi connectivity index (χ4v) is 3.26. The van der Waals surface area contributed by atoms with Gasteiger partial charge in [-0.3, -0.25) is 0 Å². The van der Waals surface area contributed by atoms with Gasteiger partial charge >= 0.3 is 0 Å². The molecule has 1 aromatic carbocycles. The highest BCUT2D eigenvalue weighted by molar-refractivity contribution is 9.10. The molecule has 4 heteroatoms. The van der Waals surface area contributed by atoms with Crippen molar-refractivity contribution in [3.05, 3.63) is 28.2 Å². The number of hydrogen-bond acceptors (Lipinski definition) is 3. The molecular weight excluding hydrogens is 316 g/mol. The summed E-state index contributed by atoms with van der Waals surface area (Å²) in [5.41, 5.74) is 2.51. The molecule has 0 amide bonds. The minimum Gasteiger partial charge on any atom is -0.395 e. The van der Waals surface area contributed by atoms with Gasteiger partial charge in [0.1, 0.15) is 0 Å². The Kier molecular flexibility index (Phi) is 6.33. The molecule has 1 fully saturated rings. The maximum atomic E-state index is 9.29. The van der Waals surface area contributed by atoms with Gasteiger partial charge in [0, 0.05) is 23.6 Å². The van der Waals surface area contributed by atoms with E-state index >= 15 is 0 Å². The first kappa shape index (κ1) is 15.8. The normalized spacial score (nSPS) is 15.2. The monoisotopic (exact) mass is 340 g/mol. The van der Waals surface area contributed by atoms with Gasteiger partial charge in [-0.1, -0.05) is 13.0 Å². The largest absolute Gasteiger partial charge is 0.395 e. The lowest BCUT2D eigenvalue weighted by molar-refractivity contribution is 0.283. The molecule has 3 nitrogen and oxygen atoms in total. The van der Waals surface area contributed by atoms with Crippen molar-refractivity contribution < 1.29 is 5.11 Å². The molecule has 0 atom stereocenters. The number of aliphatic hydroxyl groups excluding tert-OH is 1. The van der Waals surface area contributed by atoms with Gasteiger partial charge in [-0.25, -0.2) is 0 Å². The molecule has 0 saturated heterocycles. The van der Waals surface area contributed by atoms with E-state index in [0.717, 1.165) is 30.5 Å². The lowest BCUT2D eigenvalue weighted by Crippen LogP contribution is -2.42. The lowest BCUT2D eigenvalue weighted by atomic mass is 9.91. The summed E-state index contributed by atoms with van der Waals surface area (Å²) >= 11 is 3.70. The minimum absolute atomic E-state index is 0.211. The summed E-state index contributed by atoms with van der Waals surface area (Å²) in [5, 5.41) is 12.7. The van der Waals surface area contributed by atoms with Crippen molar-refractivity contribution in [2.24, 2.45) is 0 Å². The zero-order chi connectivity index (χ0) is 14.4. The van der Waals surface area contributed by atoms with Crippen LogP contribution in [0.3, 0.4) is 0 Å². The van der Waals surface area contributed by atoms with Gasteiger partial charge in [0.25, 0.3) is 0 Å². The van der Waals surface area contributed by atoms with Crippen molar-refractivity contribution in [1.82, 2.24) is 5.32 Å². The fraction of sp³-hybridized carbons (Fsp3) is 0.625. The van der Waals surface area contributed by atoms with Gasteiger partial charge in [-0.2, -0.15) is 0 Å². The Morgan fingerprint density at radius 3 is 2.75 bits per heavy atom. The Balaban J connectivity index is 2.06. The second-order valence-electron chi connectivity index (χ2n) is 5.46. The molecule has 1 aromatic rings. The molecule has 0 spiro atoms. The van der Waals surface area contributed by atoms with Gasteiger partial charge in [0.05, 0.1) is 12.3 Å². The number of anilines is 1. The average Bonchev–Trinajstić information content (AvgIpc) is 2.37. The van der Waals surface area contributed by atoms with Crippen LogP contribution < -0.4 is 10.2 Å². The van der Waals surface area contributed by atoms with Crippen LogP contribution in [-0.4, -0.2) is 30.8 Å². The molecule has 2 N–H and O–H groups in total. The van der Waals surface area contributed by atoms with Crippen LogP contribution in [0.5, 0.6) is 0 Å². The van der Waals surface area contributed by atoms with Gasteiger partial charge in [0.2, 0.25) is 0 Å². The summed E-state index contributed by atoms with van der Waals surface area (Å²) in [7, 11) is 0. The Labute approximate surface area is 130 Å². The second kappa shape index (κ2) is 8.01. The van der Waals surface area contributed by atoms with Crippen LogP contribution in [0.25, 0.3) is 0 Å². The van der Waals surface area contributed by atoms with Crippen LogP contribution in [-0.2, 0) is 6.54 Å². The Bertz CT molecular complexity index is 421. The third kappa shape index (κ3) is 3.96. The molecule has 1 saturated carbocycles. The van der Waals surface area contributed by atoms with Gasteiger partial charge < -0.3 is 15.3 Å². The molecular formula is C16H25BrN2O. The topological polar surface area (TPSA) is 35.5 Å². The van der Waals surface area contributed by atoms with Crippen molar-refractivity contribution in [2.75, 3.05) is 24.6 Å². The zero-order valence-corrected chi connectivity index (χ0v) is 13.8. The fourth-order valence-electron chi connectivity index (χ4n) is 2.61. The minimum atomic E-state index is 0.211. The first-order valence-electron chi connectivity index (χ1n) is 7.63. The molecule has 2 rings (SSSR count). The third-order valence-electron chi connectivity index (χ3n) is 3.93. The summed E-state index contributed by atoms with van der Waals surface area (Å²) in [6.45, 7) is 5.07. The number of benzene rings is 1. The summed E-state index contributed by atoms with van der Waals surface area (Å²) in [4.78, 5) is 2.34. The van der Waals surface area contributed by atoms with Gasteiger partial charge in [0.15, 0.2) is 0 Å². The molecule has 0 heterocycles. The predicted molar refractivity (Wildman–Crippen MR) is 88.2 cm³/mol. The summed E-state index contributed by atoms with van der Waals surface area (Å²) < 4.78 is 1.13. The van der Waals surface area contributed by atoms with Crippen LogP contribution in [0.4, 0.5) is 5.69 Å². The van der Waals surface area contributed by atoms with E-state index in [1.165, 1.54) is 30.5 Å². The molecule has 0 radical (unpaired) electrons. The highest BCUT2D eigenvalue weighted by Gasteiger charge is 2.25. The van der Waals surface area contributed by atoms with E-state index in [4.69, 9.17) is 0 Å². The number of hydrogen-bond donors (Lipinski definition) is 2. The SMILES string of the molecule is CCCNCc1ccc(N(CCO)C2CCC2)c(Br)c1. The smallest absolute Gasteiger partial charge is 0.0606 e. The van der Waals surface area contributed by atoms with Crippen molar-refractivity contribution in [3.63, 3.8) is 0 Å². The summed E-state index contributed by atoms with van der Waals surface area (Å²) in [5.74, 6) is 0. The lowest BCUT2D eigenvalue weighted by Gasteiger charge is -2.39. The van der Waals surface area contributed by atoms with E-state index in [9.17, 15) is 5.11 Å². The van der Waals surface area contributed by atoms with Gasteiger partial charge in [-0.15, -0.1) is 0 Å². The maximum absolute atomic E-state index is 9.29. The van der Waals surface area contributed by atoms with Crippen LogP contribution in [0, 0.1) is 0 Å². The standard InChI is InChI=1S/C16H25BrN2O/c1-2-8-18-12-13-6-7-16(15(17)11-13)19(9-10-20)14-4-3-5-14/h6-7,11,14,18,20H,2-5,8-10,12H2,1H3. The van der Waals surface area contributed by atoms with Crippen molar-refractivity contribution in [3.8, 4) is 0 Å². The molecule has 0 aliphatic heterocycles. The molecule has 1 aliphatic carbocycles. The van der Waals surface area contributed by atoms with E-state index < -0.39 is 0 Å². The summed E-state index contributed by atoms with van der Waals surface area (Å²) in [6.07, 6.45) is 4.95. The maximum Gasteiger partial charge on any atom is 0.0606 e. The Hall–Kier alpha value is -0.580. The van der Waals surface area contributed by atoms with Crippen LogP contribution in [0.1, 0.15) is 38.2 Å². The predicted octanol–water partition coefficient (Wildman–Crippen LogP) is 3.30. The number of nitrogens with one attached hydrogen (secondary N) is 1. The zero-order valence-electron chi connectivity index (χ0n) is 12.2. The van der Waals surface area contributed by atoms with E-state index in [1.807, 2.05) is 0 Å². The first-order valence-corrected chi connectivity index (χ1v) is 8.42. The number of aliphatic hydroxyl groups is 1. The summed E-state index contributed by atoms with van der Waals surface area (Å²) in [6, 6.07) is 7.16. The molecule has 0 aromatic heterocycles. The van der Waals surface area contributed by atoms with Gasteiger partial charge in [-0.05, 0) is 65.9 Å². The van der Waals surface area contributed by atoms with Crippen LogP contribution >= 0.6 is 15.9 Å². The molecule has 0 bridgehead atoms. The molecule has 1 aliphatic rings. The molecule has 112 valence electrons. The third-order valence-corrected chi connectivity index (χ3v) is 4.57. The quantitative estimate of drug-likeness (QED) is 0.712. The number of rotatable bonds is 8. The van der Waals surface area contributed by atoms with E-state index in [0.29, 0.717) is 6.04 Å². The first-order chi connectivity index (χ1) is 9.76.